The third-order valence-electron chi connectivity index (χ3n) is 2.11. The molecule has 2 nitrogen and oxygen atoms in total. The highest BCUT2D eigenvalue weighted by Crippen LogP contribution is 2.08. The minimum Gasteiger partial charge on any atom is -0.393 e. The van der Waals surface area contributed by atoms with E-state index in [1.165, 1.54) is 11.1 Å². The van der Waals surface area contributed by atoms with E-state index in [0.717, 1.165) is 12.8 Å². The topological polar surface area (TPSA) is 46.2 Å². The van der Waals surface area contributed by atoms with E-state index in [4.69, 9.17) is 5.73 Å². The van der Waals surface area contributed by atoms with Gasteiger partial charge in [0.15, 0.2) is 0 Å². The van der Waals surface area contributed by atoms with Crippen LogP contribution in [0.25, 0.3) is 0 Å². The molecule has 0 aliphatic heterocycles. The molecule has 3 N–H and O–H groups in total. The average molecular weight is 193 g/mol. The predicted molar refractivity (Wildman–Crippen MR) is 59.2 cm³/mol. The van der Waals surface area contributed by atoms with E-state index < -0.39 is 0 Å². The first-order valence-electron chi connectivity index (χ1n) is 5.09. The van der Waals surface area contributed by atoms with Gasteiger partial charge in [-0.1, -0.05) is 24.3 Å². The van der Waals surface area contributed by atoms with Gasteiger partial charge in [0.2, 0.25) is 0 Å². The molecule has 14 heavy (non-hydrogen) atoms. The van der Waals surface area contributed by atoms with Crippen LogP contribution in [0.4, 0.5) is 0 Å². The molecule has 2 heteroatoms. The van der Waals surface area contributed by atoms with Crippen LogP contribution in [0.15, 0.2) is 24.3 Å². The molecule has 2 atom stereocenters. The highest BCUT2D eigenvalue weighted by molar-refractivity contribution is 5.23. The van der Waals surface area contributed by atoms with Gasteiger partial charge in [0, 0.05) is 6.04 Å². The van der Waals surface area contributed by atoms with Gasteiger partial charge in [-0.2, -0.15) is 0 Å². The van der Waals surface area contributed by atoms with Gasteiger partial charge in [0.05, 0.1) is 6.10 Å². The standard InChI is InChI=1S/C12H19NO/c1-9(13)7-11-3-5-12(6-4-11)8-10(2)14/h3-6,9-10,14H,7-8,13H2,1-2H3. The van der Waals surface area contributed by atoms with Crippen LogP contribution in [0.3, 0.4) is 0 Å². The first-order valence-corrected chi connectivity index (χ1v) is 5.09. The van der Waals surface area contributed by atoms with Crippen molar-refractivity contribution in [2.45, 2.75) is 38.8 Å². The molecule has 0 aliphatic carbocycles. The monoisotopic (exact) mass is 193 g/mol. The fraction of sp³-hybridized carbons (Fsp3) is 0.500. The SMILES string of the molecule is CC(N)Cc1ccc(CC(C)O)cc1. The van der Waals surface area contributed by atoms with Gasteiger partial charge >= 0.3 is 0 Å². The Kier molecular flexibility index (Phi) is 4.11. The molecule has 1 aromatic carbocycles. The van der Waals surface area contributed by atoms with Gasteiger partial charge in [0.25, 0.3) is 0 Å². The van der Waals surface area contributed by atoms with Gasteiger partial charge in [-0.25, -0.2) is 0 Å². The lowest BCUT2D eigenvalue weighted by atomic mass is 10.0. The van der Waals surface area contributed by atoms with Gasteiger partial charge in [-0.3, -0.25) is 0 Å². The molecule has 0 saturated carbocycles. The van der Waals surface area contributed by atoms with E-state index in [9.17, 15) is 5.11 Å². The van der Waals surface area contributed by atoms with E-state index in [2.05, 4.69) is 24.3 Å². The van der Waals surface area contributed by atoms with Gasteiger partial charge in [-0.05, 0) is 37.8 Å². The minimum absolute atomic E-state index is 0.206. The van der Waals surface area contributed by atoms with Gasteiger partial charge < -0.3 is 10.8 Å². The molecular formula is C12H19NO. The van der Waals surface area contributed by atoms with Crippen LogP contribution in [0, 0.1) is 0 Å². The molecule has 0 spiro atoms. The van der Waals surface area contributed by atoms with Crippen LogP contribution in [-0.2, 0) is 12.8 Å². The maximum Gasteiger partial charge on any atom is 0.0552 e. The summed E-state index contributed by atoms with van der Waals surface area (Å²) in [6.45, 7) is 3.81. The molecule has 0 heterocycles. The summed E-state index contributed by atoms with van der Waals surface area (Å²) in [5, 5.41) is 9.20. The second kappa shape index (κ2) is 5.13. The maximum atomic E-state index is 9.20. The minimum atomic E-state index is -0.269. The number of hydrogen-bond acceptors (Lipinski definition) is 2. The molecule has 1 aromatic rings. The Hall–Kier alpha value is -0.860. The maximum absolute atomic E-state index is 9.20. The Labute approximate surface area is 85.8 Å². The molecule has 2 unspecified atom stereocenters. The normalized spacial score (nSPS) is 15.1. The number of nitrogens with two attached hydrogens (primary N) is 1. The van der Waals surface area contributed by atoms with Crippen molar-refractivity contribution in [3.63, 3.8) is 0 Å². The second-order valence-corrected chi connectivity index (χ2v) is 4.05. The summed E-state index contributed by atoms with van der Waals surface area (Å²) in [7, 11) is 0. The van der Waals surface area contributed by atoms with Crippen molar-refractivity contribution in [3.05, 3.63) is 35.4 Å². The number of aliphatic hydroxyl groups excluding tert-OH is 1. The second-order valence-electron chi connectivity index (χ2n) is 4.05. The average Bonchev–Trinajstić information content (AvgIpc) is 2.06. The lowest BCUT2D eigenvalue weighted by Gasteiger charge is -2.07. The number of hydrogen-bond donors (Lipinski definition) is 2. The summed E-state index contributed by atoms with van der Waals surface area (Å²) >= 11 is 0. The van der Waals surface area contributed by atoms with Crippen molar-refractivity contribution in [1.29, 1.82) is 0 Å². The van der Waals surface area contributed by atoms with Crippen LogP contribution in [0.1, 0.15) is 25.0 Å². The van der Waals surface area contributed by atoms with Crippen molar-refractivity contribution < 1.29 is 5.11 Å². The zero-order valence-electron chi connectivity index (χ0n) is 8.90. The Morgan fingerprint density at radius 2 is 1.50 bits per heavy atom. The molecule has 0 bridgehead atoms. The van der Waals surface area contributed by atoms with Crippen molar-refractivity contribution in [2.24, 2.45) is 5.73 Å². The largest absolute Gasteiger partial charge is 0.393 e. The first kappa shape index (κ1) is 11.2. The van der Waals surface area contributed by atoms with Crippen molar-refractivity contribution in [3.8, 4) is 0 Å². The third-order valence-corrected chi connectivity index (χ3v) is 2.11. The van der Waals surface area contributed by atoms with Crippen LogP contribution >= 0.6 is 0 Å². The number of rotatable bonds is 4. The zero-order valence-corrected chi connectivity index (χ0v) is 8.90. The predicted octanol–water partition coefficient (Wildman–Crippen LogP) is 1.50. The Balaban J connectivity index is 2.59. The molecule has 1 rings (SSSR count). The third kappa shape index (κ3) is 3.90. The van der Waals surface area contributed by atoms with Gasteiger partial charge in [0.1, 0.15) is 0 Å². The van der Waals surface area contributed by atoms with Crippen molar-refractivity contribution >= 4 is 0 Å². The molecular weight excluding hydrogens is 174 g/mol. The number of benzene rings is 1. The van der Waals surface area contributed by atoms with Crippen molar-refractivity contribution in [2.75, 3.05) is 0 Å². The van der Waals surface area contributed by atoms with Gasteiger partial charge in [-0.15, -0.1) is 0 Å². The summed E-state index contributed by atoms with van der Waals surface area (Å²) in [6.07, 6.45) is 1.36. The lowest BCUT2D eigenvalue weighted by molar-refractivity contribution is 0.195. The summed E-state index contributed by atoms with van der Waals surface area (Å²) in [5.41, 5.74) is 8.14. The Bertz CT molecular complexity index is 235. The molecule has 0 saturated heterocycles. The summed E-state index contributed by atoms with van der Waals surface area (Å²) in [5.74, 6) is 0. The molecule has 0 amide bonds. The molecule has 0 aromatic heterocycles. The fourth-order valence-corrected chi connectivity index (χ4v) is 1.52. The smallest absolute Gasteiger partial charge is 0.0552 e. The van der Waals surface area contributed by atoms with Crippen molar-refractivity contribution in [1.82, 2.24) is 0 Å². The number of aliphatic hydroxyl groups is 1. The highest BCUT2D eigenvalue weighted by atomic mass is 16.3. The van der Waals surface area contributed by atoms with E-state index in [-0.39, 0.29) is 12.1 Å². The molecule has 0 radical (unpaired) electrons. The highest BCUT2D eigenvalue weighted by Gasteiger charge is 2.00. The summed E-state index contributed by atoms with van der Waals surface area (Å²) in [4.78, 5) is 0. The Morgan fingerprint density at radius 3 is 1.86 bits per heavy atom. The van der Waals surface area contributed by atoms with Crippen LogP contribution < -0.4 is 5.73 Å². The first-order chi connectivity index (χ1) is 6.58. The zero-order chi connectivity index (χ0) is 10.6. The van der Waals surface area contributed by atoms with E-state index >= 15 is 0 Å². The molecule has 0 fully saturated rings. The lowest BCUT2D eigenvalue weighted by Crippen LogP contribution is -2.17. The van der Waals surface area contributed by atoms with E-state index in [1.54, 1.807) is 6.92 Å². The van der Waals surface area contributed by atoms with Crippen LogP contribution in [-0.4, -0.2) is 17.3 Å². The quantitative estimate of drug-likeness (QED) is 0.761. The summed E-state index contributed by atoms with van der Waals surface area (Å²) < 4.78 is 0. The van der Waals surface area contributed by atoms with Crippen LogP contribution in [0.2, 0.25) is 0 Å². The Morgan fingerprint density at radius 1 is 1.07 bits per heavy atom. The fourth-order valence-electron chi connectivity index (χ4n) is 1.52. The van der Waals surface area contributed by atoms with Crippen LogP contribution in [0.5, 0.6) is 0 Å². The van der Waals surface area contributed by atoms with E-state index in [0.29, 0.717) is 0 Å². The molecule has 78 valence electrons. The van der Waals surface area contributed by atoms with E-state index in [1.807, 2.05) is 6.92 Å². The molecule has 0 aliphatic rings. The summed E-state index contributed by atoms with van der Waals surface area (Å²) in [6, 6.07) is 8.49.